The number of aromatic nitrogens is 5. The molecule has 3 aromatic rings. The van der Waals surface area contributed by atoms with Gasteiger partial charge in [0.2, 0.25) is 0 Å². The van der Waals surface area contributed by atoms with E-state index < -0.39 is 12.2 Å². The van der Waals surface area contributed by atoms with E-state index in [0.717, 1.165) is 51.8 Å². The maximum Gasteiger partial charge on any atom is 0.407 e. The third kappa shape index (κ3) is 6.33. The summed E-state index contributed by atoms with van der Waals surface area (Å²) < 4.78 is 13.0. The van der Waals surface area contributed by atoms with E-state index >= 15 is 0 Å². The van der Waals surface area contributed by atoms with Crippen molar-refractivity contribution in [2.45, 2.75) is 38.8 Å². The van der Waals surface area contributed by atoms with Crippen LogP contribution >= 0.6 is 0 Å². The first-order chi connectivity index (χ1) is 17.7. The second kappa shape index (κ2) is 11.5. The molecule has 0 saturated carbocycles. The van der Waals surface area contributed by atoms with Crippen LogP contribution in [0.1, 0.15) is 24.1 Å². The molecule has 12 heteroatoms. The van der Waals surface area contributed by atoms with E-state index in [-0.39, 0.29) is 19.2 Å². The third-order valence-corrected chi connectivity index (χ3v) is 6.27. The summed E-state index contributed by atoms with van der Waals surface area (Å²) in [5, 5.41) is 31.1. The van der Waals surface area contributed by atoms with E-state index in [0.29, 0.717) is 24.8 Å². The number of likely N-dealkylation sites (N-methyl/N-ethyl adjacent to an activating group) is 1. The lowest BCUT2D eigenvalue weighted by Crippen LogP contribution is -2.36. The number of carbonyl (C=O) groups is 1. The van der Waals surface area contributed by atoms with Gasteiger partial charge in [0, 0.05) is 44.5 Å². The van der Waals surface area contributed by atoms with Gasteiger partial charge in [0.25, 0.3) is 0 Å². The number of nitrogens with zero attached hydrogens (tertiary/aromatic N) is 6. The normalized spacial score (nSPS) is 14.8. The van der Waals surface area contributed by atoms with E-state index in [1.165, 1.54) is 7.05 Å². The first kappa shape index (κ1) is 26.3. The molecule has 0 spiro atoms. The molecule has 0 aliphatic carbocycles. The lowest BCUT2D eigenvalue weighted by atomic mass is 10.1. The molecule has 3 heterocycles. The lowest BCUT2D eigenvalue weighted by Gasteiger charge is -2.25. The summed E-state index contributed by atoms with van der Waals surface area (Å²) in [6, 6.07) is 7.53. The molecule has 1 unspecified atom stereocenters. The summed E-state index contributed by atoms with van der Waals surface area (Å²) in [6.07, 6.45) is -0.299. The predicted octanol–water partition coefficient (Wildman–Crippen LogP) is 2.50. The number of aliphatic hydroxyl groups excluding tert-OH is 1. The highest BCUT2D eigenvalue weighted by atomic mass is 16.5. The number of benzene rings is 1. The van der Waals surface area contributed by atoms with Gasteiger partial charge in [-0.15, -0.1) is 5.10 Å². The van der Waals surface area contributed by atoms with Crippen molar-refractivity contribution in [2.75, 3.05) is 38.7 Å². The molecule has 1 amide bonds. The molecule has 1 atom stereocenters. The summed E-state index contributed by atoms with van der Waals surface area (Å²) in [5.74, 6) is 1.76. The van der Waals surface area contributed by atoms with Gasteiger partial charge in [-0.1, -0.05) is 17.3 Å². The van der Waals surface area contributed by atoms with Gasteiger partial charge < -0.3 is 29.9 Å². The largest absolute Gasteiger partial charge is 0.491 e. The number of nitrogens with one attached hydrogen (secondary N) is 1. The van der Waals surface area contributed by atoms with E-state index in [2.05, 4.69) is 15.6 Å². The van der Waals surface area contributed by atoms with Gasteiger partial charge in [-0.3, -0.25) is 0 Å². The molecule has 2 aromatic heterocycles. The number of amides is 1. The van der Waals surface area contributed by atoms with Crippen LogP contribution in [0.3, 0.4) is 0 Å². The second-order valence-electron chi connectivity index (χ2n) is 9.20. The van der Waals surface area contributed by atoms with E-state index in [4.69, 9.17) is 24.5 Å². The Morgan fingerprint density at radius 1 is 1.30 bits per heavy atom. The van der Waals surface area contributed by atoms with Crippen molar-refractivity contribution in [3.63, 3.8) is 0 Å². The minimum atomic E-state index is -1.11. The molecule has 0 bridgehead atoms. The first-order valence-electron chi connectivity index (χ1n) is 12.2. The average molecular weight is 512 g/mol. The Labute approximate surface area is 215 Å². The number of carboxylic acid groups (broad SMARTS) is 1. The fourth-order valence-electron chi connectivity index (χ4n) is 4.20. The van der Waals surface area contributed by atoms with Crippen LogP contribution in [0.5, 0.6) is 5.75 Å². The molecule has 198 valence electrons. The van der Waals surface area contributed by atoms with Crippen molar-refractivity contribution in [1.29, 1.82) is 0 Å². The van der Waals surface area contributed by atoms with Crippen LogP contribution in [0, 0.1) is 13.8 Å². The van der Waals surface area contributed by atoms with Crippen molar-refractivity contribution in [1.82, 2.24) is 29.9 Å². The Morgan fingerprint density at radius 2 is 2.05 bits per heavy atom. The summed E-state index contributed by atoms with van der Waals surface area (Å²) in [5.41, 5.74) is 3.96. The quantitative estimate of drug-likeness (QED) is 0.391. The highest BCUT2D eigenvalue weighted by Crippen LogP contribution is 2.32. The number of hydrogen-bond acceptors (Lipinski definition) is 9. The van der Waals surface area contributed by atoms with E-state index in [1.54, 1.807) is 16.8 Å². The number of ether oxygens (including phenoxy) is 2. The van der Waals surface area contributed by atoms with Gasteiger partial charge in [0.1, 0.15) is 30.0 Å². The van der Waals surface area contributed by atoms with Crippen molar-refractivity contribution < 1.29 is 24.5 Å². The molecular weight excluding hydrogens is 478 g/mol. The Balaban J connectivity index is 1.64. The Hall–Kier alpha value is -3.77. The van der Waals surface area contributed by atoms with Crippen LogP contribution in [0.15, 0.2) is 24.3 Å². The lowest BCUT2D eigenvalue weighted by molar-refractivity contribution is 0.0729. The minimum absolute atomic E-state index is 0.0568. The zero-order chi connectivity index (χ0) is 26.5. The van der Waals surface area contributed by atoms with Gasteiger partial charge in [-0.05, 0) is 38.8 Å². The number of anilines is 1. The molecule has 12 nitrogen and oxygen atoms in total. The number of hydrogen-bond donors (Lipinski definition) is 3. The maximum absolute atomic E-state index is 11.0. The topological polar surface area (TPSA) is 148 Å². The van der Waals surface area contributed by atoms with Gasteiger partial charge >= 0.3 is 6.09 Å². The Morgan fingerprint density at radius 3 is 2.73 bits per heavy atom. The highest BCUT2D eigenvalue weighted by molar-refractivity contribution is 5.71. The van der Waals surface area contributed by atoms with Crippen LogP contribution in [0.2, 0.25) is 0 Å². The molecule has 1 aliphatic heterocycles. The monoisotopic (exact) mass is 511 g/mol. The van der Waals surface area contributed by atoms with Crippen LogP contribution in [-0.4, -0.2) is 91.7 Å². The van der Waals surface area contributed by atoms with Crippen molar-refractivity contribution in [3.05, 3.63) is 35.5 Å². The zero-order valence-electron chi connectivity index (χ0n) is 21.5. The van der Waals surface area contributed by atoms with E-state index in [1.807, 2.05) is 33.0 Å². The summed E-state index contributed by atoms with van der Waals surface area (Å²) >= 11 is 0. The van der Waals surface area contributed by atoms with Crippen molar-refractivity contribution in [2.24, 2.45) is 7.05 Å². The molecule has 1 saturated heterocycles. The van der Waals surface area contributed by atoms with Gasteiger partial charge in [-0.25, -0.2) is 19.4 Å². The zero-order valence-corrected chi connectivity index (χ0v) is 21.5. The SMILES string of the molecule is Cc1nnn(C)c1-c1nc(-c2cccc(OCC(O)CN(C)C(=O)O)c2)nc(NC2CCOCC2)c1C. The second-order valence-corrected chi connectivity index (χ2v) is 9.20. The van der Waals surface area contributed by atoms with Crippen LogP contribution in [0.25, 0.3) is 22.8 Å². The third-order valence-electron chi connectivity index (χ3n) is 6.27. The average Bonchev–Trinajstić information content (AvgIpc) is 3.22. The fraction of sp³-hybridized carbons (Fsp3) is 0.480. The highest BCUT2D eigenvalue weighted by Gasteiger charge is 2.22. The number of rotatable bonds is 9. The Bertz CT molecular complexity index is 1220. The standard InChI is InChI=1S/C25H33N7O5/c1-15-21(22-16(2)29-30-32(22)4)27-24(28-23(15)26-18-8-10-36-11-9-18)17-6-5-7-20(12-17)37-14-19(33)13-31(3)25(34)35/h5-7,12,18-19,33H,8-11,13-14H2,1-4H3,(H,34,35)(H,26,27,28). The predicted molar refractivity (Wildman–Crippen MR) is 137 cm³/mol. The van der Waals surface area contributed by atoms with Gasteiger partial charge in [0.05, 0.1) is 17.9 Å². The molecule has 4 rings (SSSR count). The van der Waals surface area contributed by atoms with Crippen molar-refractivity contribution in [3.8, 4) is 28.5 Å². The molecular formula is C25H33N7O5. The number of aliphatic hydroxyl groups is 1. The van der Waals surface area contributed by atoms with Crippen LogP contribution < -0.4 is 10.1 Å². The van der Waals surface area contributed by atoms with Gasteiger partial charge in [0.15, 0.2) is 5.82 Å². The van der Waals surface area contributed by atoms with Crippen molar-refractivity contribution >= 4 is 11.9 Å². The summed E-state index contributed by atoms with van der Waals surface area (Å²) in [4.78, 5) is 21.8. The fourth-order valence-corrected chi connectivity index (χ4v) is 4.20. The molecule has 37 heavy (non-hydrogen) atoms. The molecule has 3 N–H and O–H groups in total. The molecule has 1 fully saturated rings. The smallest absolute Gasteiger partial charge is 0.407 e. The summed E-state index contributed by atoms with van der Waals surface area (Å²) in [6.45, 7) is 5.19. The van der Waals surface area contributed by atoms with Gasteiger partial charge in [-0.2, -0.15) is 0 Å². The van der Waals surface area contributed by atoms with Crippen LogP contribution in [-0.2, 0) is 11.8 Å². The molecule has 1 aliphatic rings. The maximum atomic E-state index is 11.0. The number of aryl methyl sites for hydroxylation is 2. The van der Waals surface area contributed by atoms with E-state index in [9.17, 15) is 9.90 Å². The Kier molecular flexibility index (Phi) is 8.19. The van der Waals surface area contributed by atoms with Crippen LogP contribution in [0.4, 0.5) is 10.6 Å². The molecule has 0 radical (unpaired) electrons. The molecule has 1 aromatic carbocycles. The first-order valence-corrected chi connectivity index (χ1v) is 12.2. The minimum Gasteiger partial charge on any atom is -0.491 e. The summed E-state index contributed by atoms with van der Waals surface area (Å²) in [7, 11) is 3.23.